The number of nitrogens with zero attached hydrogens (tertiary/aromatic N) is 2. The molecule has 2 saturated heterocycles. The van der Waals surface area contributed by atoms with Crippen molar-refractivity contribution in [3.8, 4) is 0 Å². The van der Waals surface area contributed by atoms with E-state index in [1.807, 2.05) is 12.1 Å². The van der Waals surface area contributed by atoms with Crippen molar-refractivity contribution in [3.05, 3.63) is 29.3 Å². The summed E-state index contributed by atoms with van der Waals surface area (Å²) in [6, 6.07) is 7.20. The van der Waals surface area contributed by atoms with E-state index < -0.39 is 5.92 Å². The zero-order chi connectivity index (χ0) is 15.7. The molecule has 2 atom stereocenters. The number of amides is 2. The summed E-state index contributed by atoms with van der Waals surface area (Å²) in [6.07, 6.45) is 2.40. The third-order valence-corrected chi connectivity index (χ3v) is 4.63. The zero-order valence-electron chi connectivity index (χ0n) is 12.4. The van der Waals surface area contributed by atoms with Crippen LogP contribution >= 0.6 is 11.6 Å². The standard InChI is InChI=1S/C16H20ClN3O2/c17-11-3-1-5-13(9-11)20-8-6-14(16(20)22)15(21)19-7-2-4-12(18)10-19/h1,3,5,9,12,14H,2,4,6-8,10,18H2. The lowest BCUT2D eigenvalue weighted by Crippen LogP contribution is -2.49. The van der Waals surface area contributed by atoms with Crippen molar-refractivity contribution in [1.29, 1.82) is 0 Å². The molecule has 2 amide bonds. The minimum absolute atomic E-state index is 0.0261. The number of hydrogen-bond acceptors (Lipinski definition) is 3. The van der Waals surface area contributed by atoms with Gasteiger partial charge >= 0.3 is 0 Å². The summed E-state index contributed by atoms with van der Waals surface area (Å²) in [6.45, 7) is 1.81. The first-order valence-corrected chi connectivity index (χ1v) is 8.05. The molecular formula is C16H20ClN3O2. The van der Waals surface area contributed by atoms with Gasteiger partial charge in [-0.05, 0) is 37.5 Å². The van der Waals surface area contributed by atoms with Crippen LogP contribution in [0.15, 0.2) is 24.3 Å². The van der Waals surface area contributed by atoms with Gasteiger partial charge < -0.3 is 15.5 Å². The molecule has 2 aliphatic rings. The van der Waals surface area contributed by atoms with Gasteiger partial charge in [0, 0.05) is 36.4 Å². The highest BCUT2D eigenvalue weighted by Gasteiger charge is 2.40. The Morgan fingerprint density at radius 3 is 2.82 bits per heavy atom. The summed E-state index contributed by atoms with van der Waals surface area (Å²) < 4.78 is 0. The Hall–Kier alpha value is -1.59. The maximum atomic E-state index is 12.6. The lowest BCUT2D eigenvalue weighted by Gasteiger charge is -2.32. The summed E-state index contributed by atoms with van der Waals surface area (Å²) in [4.78, 5) is 28.6. The largest absolute Gasteiger partial charge is 0.340 e. The van der Waals surface area contributed by atoms with Crippen LogP contribution in [-0.2, 0) is 9.59 Å². The molecule has 22 heavy (non-hydrogen) atoms. The van der Waals surface area contributed by atoms with Crippen LogP contribution in [0, 0.1) is 5.92 Å². The van der Waals surface area contributed by atoms with Crippen LogP contribution < -0.4 is 10.6 Å². The minimum Gasteiger partial charge on any atom is -0.340 e. The van der Waals surface area contributed by atoms with Crippen molar-refractivity contribution in [2.45, 2.75) is 25.3 Å². The number of benzene rings is 1. The van der Waals surface area contributed by atoms with Gasteiger partial charge in [0.15, 0.2) is 0 Å². The predicted octanol–water partition coefficient (Wildman–Crippen LogP) is 1.64. The van der Waals surface area contributed by atoms with Crippen LogP contribution in [0.25, 0.3) is 0 Å². The van der Waals surface area contributed by atoms with Crippen molar-refractivity contribution in [2.24, 2.45) is 11.7 Å². The van der Waals surface area contributed by atoms with E-state index in [1.165, 1.54) is 0 Å². The van der Waals surface area contributed by atoms with Gasteiger partial charge in [0.2, 0.25) is 11.8 Å². The molecule has 0 spiro atoms. The Kier molecular flexibility index (Phi) is 4.36. The van der Waals surface area contributed by atoms with Gasteiger partial charge in [0.1, 0.15) is 5.92 Å². The van der Waals surface area contributed by atoms with Gasteiger partial charge in [-0.3, -0.25) is 9.59 Å². The first kappa shape index (κ1) is 15.3. The van der Waals surface area contributed by atoms with Crippen LogP contribution in [0.4, 0.5) is 5.69 Å². The highest BCUT2D eigenvalue weighted by Crippen LogP contribution is 2.28. The number of nitrogens with two attached hydrogens (primary N) is 1. The normalized spacial score (nSPS) is 25.6. The fraction of sp³-hybridized carbons (Fsp3) is 0.500. The quantitative estimate of drug-likeness (QED) is 0.842. The highest BCUT2D eigenvalue weighted by molar-refractivity contribution is 6.31. The van der Waals surface area contributed by atoms with Crippen molar-refractivity contribution >= 4 is 29.1 Å². The Balaban J connectivity index is 1.72. The number of halogens is 1. The number of anilines is 1. The molecule has 2 fully saturated rings. The third-order valence-electron chi connectivity index (χ3n) is 4.39. The van der Waals surface area contributed by atoms with Crippen LogP contribution in [0.5, 0.6) is 0 Å². The molecule has 5 nitrogen and oxygen atoms in total. The Morgan fingerprint density at radius 1 is 1.27 bits per heavy atom. The number of carbonyl (C=O) groups is 2. The summed E-state index contributed by atoms with van der Waals surface area (Å²) in [5.74, 6) is -0.791. The topological polar surface area (TPSA) is 66.6 Å². The maximum absolute atomic E-state index is 12.6. The third kappa shape index (κ3) is 2.96. The molecule has 0 radical (unpaired) electrons. The molecule has 118 valence electrons. The monoisotopic (exact) mass is 321 g/mol. The minimum atomic E-state index is -0.579. The lowest BCUT2D eigenvalue weighted by molar-refractivity contribution is -0.140. The van der Waals surface area contributed by atoms with Gasteiger partial charge in [-0.15, -0.1) is 0 Å². The average Bonchev–Trinajstić information content (AvgIpc) is 2.88. The first-order valence-electron chi connectivity index (χ1n) is 7.67. The van der Waals surface area contributed by atoms with Crippen LogP contribution in [0.1, 0.15) is 19.3 Å². The van der Waals surface area contributed by atoms with Crippen molar-refractivity contribution in [1.82, 2.24) is 4.90 Å². The van der Waals surface area contributed by atoms with E-state index in [0.717, 1.165) is 18.5 Å². The van der Waals surface area contributed by atoms with Gasteiger partial charge in [-0.1, -0.05) is 17.7 Å². The Bertz CT molecular complexity index is 593. The molecule has 2 aliphatic heterocycles. The smallest absolute Gasteiger partial charge is 0.239 e. The van der Waals surface area contributed by atoms with E-state index in [4.69, 9.17) is 17.3 Å². The summed E-state index contributed by atoms with van der Waals surface area (Å²) in [5.41, 5.74) is 6.68. The molecule has 0 aliphatic carbocycles. The average molecular weight is 322 g/mol. The van der Waals surface area contributed by atoms with E-state index in [9.17, 15) is 9.59 Å². The van der Waals surface area contributed by atoms with Gasteiger partial charge in [0.25, 0.3) is 0 Å². The van der Waals surface area contributed by atoms with E-state index in [2.05, 4.69) is 0 Å². The molecule has 1 aromatic rings. The molecule has 2 unspecified atom stereocenters. The number of likely N-dealkylation sites (tertiary alicyclic amines) is 1. The van der Waals surface area contributed by atoms with Gasteiger partial charge in [0.05, 0.1) is 0 Å². The molecule has 6 heteroatoms. The van der Waals surface area contributed by atoms with Gasteiger partial charge in [-0.25, -0.2) is 0 Å². The predicted molar refractivity (Wildman–Crippen MR) is 85.7 cm³/mol. The van der Waals surface area contributed by atoms with Gasteiger partial charge in [-0.2, -0.15) is 0 Å². The number of piperidine rings is 1. The Morgan fingerprint density at radius 2 is 2.09 bits per heavy atom. The molecule has 3 rings (SSSR count). The molecule has 0 saturated carbocycles. The van der Waals surface area contributed by atoms with Crippen molar-refractivity contribution in [2.75, 3.05) is 24.5 Å². The van der Waals surface area contributed by atoms with Crippen molar-refractivity contribution in [3.63, 3.8) is 0 Å². The second-order valence-electron chi connectivity index (χ2n) is 6.00. The number of hydrogen-bond donors (Lipinski definition) is 1. The SMILES string of the molecule is NC1CCCN(C(=O)C2CCN(c3cccc(Cl)c3)C2=O)C1. The van der Waals surface area contributed by atoms with Crippen molar-refractivity contribution < 1.29 is 9.59 Å². The molecule has 0 bridgehead atoms. The molecule has 2 heterocycles. The van der Waals surface area contributed by atoms with E-state index >= 15 is 0 Å². The van der Waals surface area contributed by atoms with Crippen LogP contribution in [0.3, 0.4) is 0 Å². The molecule has 1 aromatic carbocycles. The summed E-state index contributed by atoms with van der Waals surface area (Å²) >= 11 is 5.98. The highest BCUT2D eigenvalue weighted by atomic mass is 35.5. The second-order valence-corrected chi connectivity index (χ2v) is 6.43. The zero-order valence-corrected chi connectivity index (χ0v) is 13.1. The molecule has 0 aromatic heterocycles. The maximum Gasteiger partial charge on any atom is 0.239 e. The van der Waals surface area contributed by atoms with Crippen LogP contribution in [0.2, 0.25) is 5.02 Å². The fourth-order valence-corrected chi connectivity index (χ4v) is 3.42. The second kappa shape index (κ2) is 6.26. The fourth-order valence-electron chi connectivity index (χ4n) is 3.24. The van der Waals surface area contributed by atoms with E-state index in [1.54, 1.807) is 21.9 Å². The molecule has 2 N–H and O–H groups in total. The number of rotatable bonds is 2. The summed E-state index contributed by atoms with van der Waals surface area (Å²) in [7, 11) is 0. The first-order chi connectivity index (χ1) is 10.6. The molecular weight excluding hydrogens is 302 g/mol. The van der Waals surface area contributed by atoms with E-state index in [0.29, 0.717) is 31.1 Å². The lowest BCUT2D eigenvalue weighted by atomic mass is 10.0. The Labute approximate surface area is 135 Å². The van der Waals surface area contributed by atoms with Crippen LogP contribution in [-0.4, -0.2) is 42.4 Å². The summed E-state index contributed by atoms with van der Waals surface area (Å²) in [5, 5.41) is 0.585. The number of carbonyl (C=O) groups excluding carboxylic acids is 2. The van der Waals surface area contributed by atoms with E-state index in [-0.39, 0.29) is 17.9 Å².